The van der Waals surface area contributed by atoms with E-state index in [1.165, 1.54) is 0 Å². The maximum absolute atomic E-state index is 11.8. The van der Waals surface area contributed by atoms with Gasteiger partial charge in [-0.15, -0.1) is 0 Å². The summed E-state index contributed by atoms with van der Waals surface area (Å²) >= 11 is 0. The number of pyridine rings is 1. The highest BCUT2D eigenvalue weighted by molar-refractivity contribution is 5.94. The number of hydrogen-bond donors (Lipinski definition) is 4. The molecule has 3 aromatic rings. The summed E-state index contributed by atoms with van der Waals surface area (Å²) in [6.45, 7) is 3.52. The number of anilines is 3. The zero-order valence-corrected chi connectivity index (χ0v) is 15.0. The number of amides is 1. The lowest BCUT2D eigenvalue weighted by molar-refractivity contribution is -0.134. The van der Waals surface area contributed by atoms with Gasteiger partial charge in [0, 0.05) is 35.7 Å². The van der Waals surface area contributed by atoms with E-state index in [0.29, 0.717) is 0 Å². The molecule has 0 aliphatic rings. The molecule has 0 bridgehead atoms. The quantitative estimate of drug-likeness (QED) is 0.415. The van der Waals surface area contributed by atoms with E-state index < -0.39 is 11.3 Å². The van der Waals surface area contributed by atoms with Crippen molar-refractivity contribution in [1.82, 2.24) is 10.5 Å². The second kappa shape index (κ2) is 7.01. The van der Waals surface area contributed by atoms with Gasteiger partial charge < -0.3 is 10.6 Å². The van der Waals surface area contributed by atoms with Gasteiger partial charge in [-0.25, -0.2) is 5.48 Å². The van der Waals surface area contributed by atoms with Crippen LogP contribution in [0.25, 0.3) is 10.9 Å². The molecule has 4 N–H and O–H groups in total. The Morgan fingerprint density at radius 2 is 1.73 bits per heavy atom. The summed E-state index contributed by atoms with van der Waals surface area (Å²) in [5, 5.41) is 16.4. The summed E-state index contributed by atoms with van der Waals surface area (Å²) in [7, 11) is 1.88. The van der Waals surface area contributed by atoms with Crippen molar-refractivity contribution < 1.29 is 10.0 Å². The maximum atomic E-state index is 11.8. The van der Waals surface area contributed by atoms with Crippen molar-refractivity contribution in [3.63, 3.8) is 0 Å². The minimum Gasteiger partial charge on any atom is -0.388 e. The number of aromatic nitrogens is 1. The molecule has 6 heteroatoms. The molecule has 134 valence electrons. The van der Waals surface area contributed by atoms with Crippen LogP contribution in [0.5, 0.6) is 0 Å². The van der Waals surface area contributed by atoms with Crippen LogP contribution in [0.1, 0.15) is 19.4 Å². The Kier molecular flexibility index (Phi) is 4.77. The van der Waals surface area contributed by atoms with Crippen molar-refractivity contribution in [3.8, 4) is 0 Å². The van der Waals surface area contributed by atoms with Crippen molar-refractivity contribution >= 4 is 33.9 Å². The first-order valence-corrected chi connectivity index (χ1v) is 8.34. The van der Waals surface area contributed by atoms with E-state index in [1.807, 2.05) is 55.6 Å². The minimum absolute atomic E-state index is 0.446. The number of fused-ring (bicyclic) bond motifs is 1. The van der Waals surface area contributed by atoms with Gasteiger partial charge >= 0.3 is 0 Å². The van der Waals surface area contributed by atoms with Gasteiger partial charge in [0.1, 0.15) is 0 Å². The first kappa shape index (κ1) is 17.7. The van der Waals surface area contributed by atoms with Crippen molar-refractivity contribution in [2.24, 2.45) is 0 Å². The maximum Gasteiger partial charge on any atom is 0.253 e. The van der Waals surface area contributed by atoms with Crippen molar-refractivity contribution in [2.45, 2.75) is 19.3 Å². The minimum atomic E-state index is -0.819. The molecule has 1 amide bonds. The second-order valence-corrected chi connectivity index (χ2v) is 6.61. The first-order valence-electron chi connectivity index (χ1n) is 8.34. The first-order chi connectivity index (χ1) is 12.5. The van der Waals surface area contributed by atoms with E-state index in [0.717, 1.165) is 33.5 Å². The summed E-state index contributed by atoms with van der Waals surface area (Å²) in [5.41, 5.74) is 5.48. The van der Waals surface area contributed by atoms with Crippen LogP contribution in [-0.4, -0.2) is 23.1 Å². The highest BCUT2D eigenvalue weighted by Gasteiger charge is 2.29. The van der Waals surface area contributed by atoms with Gasteiger partial charge in [-0.2, -0.15) is 0 Å². The topological polar surface area (TPSA) is 86.3 Å². The second-order valence-electron chi connectivity index (χ2n) is 6.61. The van der Waals surface area contributed by atoms with Crippen LogP contribution < -0.4 is 16.1 Å². The Bertz CT molecular complexity index is 936. The monoisotopic (exact) mass is 350 g/mol. The lowest BCUT2D eigenvalue weighted by Crippen LogP contribution is -2.38. The Labute approximate surface area is 152 Å². The largest absolute Gasteiger partial charge is 0.388 e. The molecule has 0 unspecified atom stereocenters. The van der Waals surface area contributed by atoms with E-state index >= 15 is 0 Å². The van der Waals surface area contributed by atoms with Gasteiger partial charge in [-0.05, 0) is 55.8 Å². The number of carbonyl (C=O) groups excluding carboxylic acids is 1. The summed E-state index contributed by atoms with van der Waals surface area (Å²) in [6.07, 6.45) is 1.77. The number of benzene rings is 2. The van der Waals surface area contributed by atoms with E-state index in [2.05, 4.69) is 15.6 Å². The predicted octanol–water partition coefficient (Wildman–Crippen LogP) is 3.80. The Hall–Kier alpha value is -3.12. The lowest BCUT2D eigenvalue weighted by atomic mass is 9.84. The number of carbonyl (C=O) groups is 1. The molecule has 0 saturated heterocycles. The average Bonchev–Trinajstić information content (AvgIpc) is 2.67. The zero-order chi connectivity index (χ0) is 18.7. The molecule has 0 atom stereocenters. The Balaban J connectivity index is 1.88. The third kappa shape index (κ3) is 3.32. The SMILES string of the molecule is CNc1ccc2c(Nc3ccc(C(C)(C)C(=O)NO)cc3)ccnc2c1. The summed E-state index contributed by atoms with van der Waals surface area (Å²) in [5.74, 6) is -0.446. The van der Waals surface area contributed by atoms with Crippen LogP contribution >= 0.6 is 0 Å². The highest BCUT2D eigenvalue weighted by Crippen LogP contribution is 2.29. The normalized spacial score (nSPS) is 11.2. The number of hydrogen-bond acceptors (Lipinski definition) is 5. The van der Waals surface area contributed by atoms with Gasteiger partial charge in [-0.3, -0.25) is 15.0 Å². The number of nitrogens with zero attached hydrogens (tertiary/aromatic N) is 1. The standard InChI is InChI=1S/C20H22N4O2/c1-20(2,19(25)24-26)13-4-6-14(7-5-13)23-17-10-11-22-18-12-15(21-3)8-9-16(17)18/h4-12,21,26H,1-3H3,(H,22,23)(H,24,25). The predicted molar refractivity (Wildman–Crippen MR) is 104 cm³/mol. The molecule has 2 aromatic carbocycles. The van der Waals surface area contributed by atoms with Crippen LogP contribution in [0.4, 0.5) is 17.1 Å². The fraction of sp³-hybridized carbons (Fsp3) is 0.200. The summed E-state index contributed by atoms with van der Waals surface area (Å²) < 4.78 is 0. The molecule has 1 aromatic heterocycles. The van der Waals surface area contributed by atoms with Gasteiger partial charge in [0.15, 0.2) is 0 Å². The Morgan fingerprint density at radius 1 is 1.04 bits per heavy atom. The van der Waals surface area contributed by atoms with E-state index in [-0.39, 0.29) is 0 Å². The lowest BCUT2D eigenvalue weighted by Gasteiger charge is -2.22. The third-order valence-electron chi connectivity index (χ3n) is 4.59. The molecule has 0 radical (unpaired) electrons. The van der Waals surface area contributed by atoms with Gasteiger partial charge in [0.05, 0.1) is 10.9 Å². The van der Waals surface area contributed by atoms with Crippen LogP contribution in [0.2, 0.25) is 0 Å². The molecule has 0 spiro atoms. The summed E-state index contributed by atoms with van der Waals surface area (Å²) in [6, 6.07) is 15.5. The van der Waals surface area contributed by atoms with E-state index in [4.69, 9.17) is 5.21 Å². The third-order valence-corrected chi connectivity index (χ3v) is 4.59. The molecule has 6 nitrogen and oxygen atoms in total. The van der Waals surface area contributed by atoms with E-state index in [9.17, 15) is 4.79 Å². The van der Waals surface area contributed by atoms with Crippen LogP contribution in [0.15, 0.2) is 54.7 Å². The van der Waals surface area contributed by atoms with Gasteiger partial charge in [0.2, 0.25) is 0 Å². The molecular formula is C20H22N4O2. The molecular weight excluding hydrogens is 328 g/mol. The van der Waals surface area contributed by atoms with Gasteiger partial charge in [-0.1, -0.05) is 12.1 Å². The fourth-order valence-electron chi connectivity index (χ4n) is 2.81. The van der Waals surface area contributed by atoms with Crippen molar-refractivity contribution in [1.29, 1.82) is 0 Å². The molecule has 0 saturated carbocycles. The Morgan fingerprint density at radius 3 is 2.38 bits per heavy atom. The van der Waals surface area contributed by atoms with Gasteiger partial charge in [0.25, 0.3) is 5.91 Å². The van der Waals surface area contributed by atoms with Crippen molar-refractivity contribution in [3.05, 3.63) is 60.3 Å². The fourth-order valence-corrected chi connectivity index (χ4v) is 2.81. The smallest absolute Gasteiger partial charge is 0.253 e. The number of hydroxylamine groups is 1. The number of nitrogens with one attached hydrogen (secondary N) is 3. The highest BCUT2D eigenvalue weighted by atomic mass is 16.5. The van der Waals surface area contributed by atoms with Crippen LogP contribution in [-0.2, 0) is 10.2 Å². The average molecular weight is 350 g/mol. The molecule has 26 heavy (non-hydrogen) atoms. The molecule has 0 fully saturated rings. The van der Waals surface area contributed by atoms with E-state index in [1.54, 1.807) is 25.5 Å². The molecule has 1 heterocycles. The summed E-state index contributed by atoms with van der Waals surface area (Å²) in [4.78, 5) is 16.2. The zero-order valence-electron chi connectivity index (χ0n) is 15.0. The molecule has 3 rings (SSSR count). The van der Waals surface area contributed by atoms with Crippen LogP contribution in [0, 0.1) is 0 Å². The molecule has 0 aliphatic carbocycles. The number of rotatable bonds is 5. The van der Waals surface area contributed by atoms with Crippen molar-refractivity contribution in [2.75, 3.05) is 17.7 Å². The van der Waals surface area contributed by atoms with Crippen LogP contribution in [0.3, 0.4) is 0 Å². The molecule has 0 aliphatic heterocycles.